The highest BCUT2D eigenvalue weighted by Crippen LogP contribution is 2.09. The van der Waals surface area contributed by atoms with Crippen molar-refractivity contribution in [3.05, 3.63) is 60.7 Å². The van der Waals surface area contributed by atoms with Crippen molar-refractivity contribution in [1.82, 2.24) is 5.32 Å². The van der Waals surface area contributed by atoms with Crippen molar-refractivity contribution in [3.63, 3.8) is 0 Å². The summed E-state index contributed by atoms with van der Waals surface area (Å²) in [4.78, 5) is 13.9. The Bertz CT molecular complexity index is 542. The number of nitrogens with one attached hydrogen (secondary N) is 2. The quantitative estimate of drug-likeness (QED) is 0.820. The molecule has 0 bridgehead atoms. The van der Waals surface area contributed by atoms with E-state index in [-0.39, 0.29) is 5.91 Å². The number of hydrogen-bond acceptors (Lipinski definition) is 3. The zero-order chi connectivity index (χ0) is 14.9. The smallest absolute Gasteiger partial charge is 0.239 e. The third-order valence-electron chi connectivity index (χ3n) is 3.19. The van der Waals surface area contributed by atoms with Crippen molar-refractivity contribution in [3.8, 4) is 0 Å². The molecule has 0 atom stereocenters. The van der Waals surface area contributed by atoms with Gasteiger partial charge in [-0.3, -0.25) is 4.79 Å². The molecule has 2 aromatic rings. The third-order valence-corrected chi connectivity index (χ3v) is 3.19. The molecule has 2 N–H and O–H groups in total. The summed E-state index contributed by atoms with van der Waals surface area (Å²) in [6, 6.07) is 19.8. The van der Waals surface area contributed by atoms with E-state index >= 15 is 0 Å². The molecule has 110 valence electrons. The van der Waals surface area contributed by atoms with Crippen LogP contribution >= 0.6 is 0 Å². The Labute approximate surface area is 125 Å². The van der Waals surface area contributed by atoms with E-state index in [2.05, 4.69) is 27.7 Å². The standard InChI is InChI=1S/C17H21N3O/c1-20(16-10-6-3-7-11-16)13-12-18-17(21)14-19-15-8-4-2-5-9-15/h2-11,19H,12-14H2,1H3,(H,18,21). The number of likely N-dealkylation sites (N-methyl/N-ethyl adjacent to an activating group) is 1. The number of carbonyl (C=O) groups is 1. The predicted octanol–water partition coefficient (Wildman–Crippen LogP) is 2.35. The molecule has 2 aromatic carbocycles. The van der Waals surface area contributed by atoms with E-state index in [1.807, 2.05) is 55.6 Å². The highest BCUT2D eigenvalue weighted by Gasteiger charge is 2.02. The van der Waals surface area contributed by atoms with Gasteiger partial charge in [0, 0.05) is 31.5 Å². The van der Waals surface area contributed by atoms with Crippen LogP contribution in [0.25, 0.3) is 0 Å². The Kier molecular flexibility index (Phi) is 5.64. The molecule has 1 amide bonds. The van der Waals surface area contributed by atoms with Crippen LogP contribution in [0.3, 0.4) is 0 Å². The SMILES string of the molecule is CN(CCNC(=O)CNc1ccccc1)c1ccccc1. The van der Waals surface area contributed by atoms with Gasteiger partial charge < -0.3 is 15.5 Å². The second-order valence-corrected chi connectivity index (χ2v) is 4.83. The van der Waals surface area contributed by atoms with Gasteiger partial charge in [0.1, 0.15) is 0 Å². The Morgan fingerprint density at radius 1 is 1.00 bits per heavy atom. The highest BCUT2D eigenvalue weighted by atomic mass is 16.1. The fraction of sp³-hybridized carbons (Fsp3) is 0.235. The fourth-order valence-electron chi connectivity index (χ4n) is 1.98. The molecule has 0 aliphatic rings. The van der Waals surface area contributed by atoms with E-state index in [1.54, 1.807) is 0 Å². The largest absolute Gasteiger partial charge is 0.376 e. The van der Waals surface area contributed by atoms with Gasteiger partial charge in [0.15, 0.2) is 0 Å². The minimum atomic E-state index is 0.000291. The summed E-state index contributed by atoms with van der Waals surface area (Å²) in [5.41, 5.74) is 2.10. The number of para-hydroxylation sites is 2. The molecular weight excluding hydrogens is 262 g/mol. The Balaban J connectivity index is 1.65. The Hall–Kier alpha value is -2.49. The number of hydrogen-bond donors (Lipinski definition) is 2. The molecule has 0 aliphatic carbocycles. The summed E-state index contributed by atoms with van der Waals surface area (Å²) >= 11 is 0. The first-order valence-electron chi connectivity index (χ1n) is 7.07. The second-order valence-electron chi connectivity index (χ2n) is 4.83. The molecule has 0 aromatic heterocycles. The van der Waals surface area contributed by atoms with Gasteiger partial charge in [-0.25, -0.2) is 0 Å². The summed E-state index contributed by atoms with van der Waals surface area (Å²) in [6.45, 7) is 1.70. The average molecular weight is 283 g/mol. The summed E-state index contributed by atoms with van der Waals surface area (Å²) in [5, 5.41) is 6.00. The van der Waals surface area contributed by atoms with Gasteiger partial charge in [-0.05, 0) is 24.3 Å². The lowest BCUT2D eigenvalue weighted by Gasteiger charge is -2.19. The normalized spacial score (nSPS) is 9.95. The Morgan fingerprint density at radius 3 is 2.29 bits per heavy atom. The summed E-state index contributed by atoms with van der Waals surface area (Å²) < 4.78 is 0. The number of carbonyl (C=O) groups excluding carboxylic acids is 1. The summed E-state index contributed by atoms with van der Waals surface area (Å²) in [5.74, 6) is 0.000291. The molecule has 0 heterocycles. The molecule has 21 heavy (non-hydrogen) atoms. The van der Waals surface area contributed by atoms with Crippen molar-refractivity contribution in [1.29, 1.82) is 0 Å². The van der Waals surface area contributed by atoms with E-state index in [0.717, 1.165) is 17.9 Å². The molecule has 0 fully saturated rings. The molecule has 4 nitrogen and oxygen atoms in total. The van der Waals surface area contributed by atoms with Crippen LogP contribution in [0, 0.1) is 0 Å². The summed E-state index contributed by atoms with van der Waals surface area (Å²) in [6.07, 6.45) is 0. The van der Waals surface area contributed by atoms with Crippen LogP contribution in [0.2, 0.25) is 0 Å². The van der Waals surface area contributed by atoms with Crippen LogP contribution in [0.1, 0.15) is 0 Å². The van der Waals surface area contributed by atoms with E-state index in [0.29, 0.717) is 13.1 Å². The van der Waals surface area contributed by atoms with E-state index < -0.39 is 0 Å². The van der Waals surface area contributed by atoms with Gasteiger partial charge in [-0.1, -0.05) is 36.4 Å². The van der Waals surface area contributed by atoms with Crippen LogP contribution in [-0.4, -0.2) is 32.6 Å². The molecule has 2 rings (SSSR count). The number of anilines is 2. The second kappa shape index (κ2) is 7.94. The van der Waals surface area contributed by atoms with Crippen molar-refractivity contribution < 1.29 is 4.79 Å². The number of nitrogens with zero attached hydrogens (tertiary/aromatic N) is 1. The average Bonchev–Trinajstić information content (AvgIpc) is 2.54. The highest BCUT2D eigenvalue weighted by molar-refractivity contribution is 5.80. The zero-order valence-corrected chi connectivity index (χ0v) is 12.3. The van der Waals surface area contributed by atoms with Crippen molar-refractivity contribution >= 4 is 17.3 Å². The van der Waals surface area contributed by atoms with Crippen LogP contribution in [0.4, 0.5) is 11.4 Å². The van der Waals surface area contributed by atoms with Gasteiger partial charge in [0.05, 0.1) is 6.54 Å². The number of amides is 1. The molecule has 0 unspecified atom stereocenters. The third kappa shape index (κ3) is 5.18. The van der Waals surface area contributed by atoms with Crippen LogP contribution in [0.15, 0.2) is 60.7 Å². The molecule has 0 radical (unpaired) electrons. The predicted molar refractivity (Wildman–Crippen MR) is 87.7 cm³/mol. The first-order chi connectivity index (χ1) is 10.3. The minimum Gasteiger partial charge on any atom is -0.376 e. The number of rotatable bonds is 7. The first kappa shape index (κ1) is 14.9. The summed E-state index contributed by atoms with van der Waals surface area (Å²) in [7, 11) is 2.02. The molecule has 0 spiro atoms. The minimum absolute atomic E-state index is 0.000291. The van der Waals surface area contributed by atoms with Crippen molar-refractivity contribution in [2.45, 2.75) is 0 Å². The zero-order valence-electron chi connectivity index (χ0n) is 12.3. The number of benzene rings is 2. The fourth-order valence-corrected chi connectivity index (χ4v) is 1.98. The molecule has 0 saturated heterocycles. The van der Waals surface area contributed by atoms with Gasteiger partial charge in [-0.15, -0.1) is 0 Å². The van der Waals surface area contributed by atoms with Crippen molar-refractivity contribution in [2.24, 2.45) is 0 Å². The van der Waals surface area contributed by atoms with Gasteiger partial charge in [0.25, 0.3) is 0 Å². The Morgan fingerprint density at radius 2 is 1.62 bits per heavy atom. The monoisotopic (exact) mass is 283 g/mol. The molecule has 0 saturated carbocycles. The van der Waals surface area contributed by atoms with Crippen molar-refractivity contribution in [2.75, 3.05) is 36.9 Å². The van der Waals surface area contributed by atoms with E-state index in [4.69, 9.17) is 0 Å². The van der Waals surface area contributed by atoms with E-state index in [1.165, 1.54) is 0 Å². The lowest BCUT2D eigenvalue weighted by atomic mass is 10.3. The van der Waals surface area contributed by atoms with Gasteiger partial charge >= 0.3 is 0 Å². The lowest BCUT2D eigenvalue weighted by Crippen LogP contribution is -2.36. The maximum absolute atomic E-state index is 11.7. The maximum Gasteiger partial charge on any atom is 0.239 e. The maximum atomic E-state index is 11.7. The lowest BCUT2D eigenvalue weighted by molar-refractivity contribution is -0.119. The van der Waals surface area contributed by atoms with Crippen LogP contribution < -0.4 is 15.5 Å². The van der Waals surface area contributed by atoms with Gasteiger partial charge in [-0.2, -0.15) is 0 Å². The van der Waals surface area contributed by atoms with Crippen LogP contribution in [-0.2, 0) is 4.79 Å². The molecule has 4 heteroatoms. The molecular formula is C17H21N3O. The van der Waals surface area contributed by atoms with Gasteiger partial charge in [0.2, 0.25) is 5.91 Å². The molecule has 0 aliphatic heterocycles. The topological polar surface area (TPSA) is 44.4 Å². The first-order valence-corrected chi connectivity index (χ1v) is 7.07. The van der Waals surface area contributed by atoms with E-state index in [9.17, 15) is 4.79 Å². The van der Waals surface area contributed by atoms with Crippen LogP contribution in [0.5, 0.6) is 0 Å².